The van der Waals surface area contributed by atoms with E-state index in [9.17, 15) is 0 Å². The van der Waals surface area contributed by atoms with Gasteiger partial charge in [0.2, 0.25) is 0 Å². The maximum atomic E-state index is 5.57. The fraction of sp³-hybridized carbons (Fsp3) is 0.316. The van der Waals surface area contributed by atoms with Crippen LogP contribution in [-0.4, -0.2) is 23.9 Å². The van der Waals surface area contributed by atoms with Crippen molar-refractivity contribution in [1.29, 1.82) is 0 Å². The molecule has 0 atom stereocenters. The highest BCUT2D eigenvalue weighted by atomic mass is 16.5. The minimum Gasteiger partial charge on any atom is -0.497 e. The highest BCUT2D eigenvalue weighted by Gasteiger charge is 2.22. The molecule has 2 heterocycles. The highest BCUT2D eigenvalue weighted by Crippen LogP contribution is 2.34. The molecule has 0 unspecified atom stereocenters. The maximum absolute atomic E-state index is 5.57. The Kier molecular flexibility index (Phi) is 3.76. The van der Waals surface area contributed by atoms with Gasteiger partial charge >= 0.3 is 0 Å². The highest BCUT2D eigenvalue weighted by molar-refractivity contribution is 5.63. The third-order valence-electron chi connectivity index (χ3n) is 4.56. The molecule has 1 aliphatic rings. The number of aromatic nitrogens is 2. The van der Waals surface area contributed by atoms with Crippen LogP contribution >= 0.6 is 0 Å². The van der Waals surface area contributed by atoms with E-state index in [1.807, 2.05) is 24.4 Å². The van der Waals surface area contributed by atoms with Crippen LogP contribution in [0.1, 0.15) is 23.1 Å². The van der Waals surface area contributed by atoms with Crippen LogP contribution in [0.15, 0.2) is 41.2 Å². The molecule has 0 N–H and O–H groups in total. The average Bonchev–Trinajstić information content (AvgIpc) is 3.17. The summed E-state index contributed by atoms with van der Waals surface area (Å²) >= 11 is 0. The first-order valence-corrected chi connectivity index (χ1v) is 8.12. The van der Waals surface area contributed by atoms with Crippen molar-refractivity contribution in [3.63, 3.8) is 0 Å². The van der Waals surface area contributed by atoms with E-state index < -0.39 is 0 Å². The number of nitrogens with zero attached hydrogens (tertiary/aromatic N) is 2. The molecule has 124 valence electrons. The van der Waals surface area contributed by atoms with Gasteiger partial charge in [0.1, 0.15) is 11.5 Å². The van der Waals surface area contributed by atoms with Crippen LogP contribution in [0, 0.1) is 0 Å². The monoisotopic (exact) mass is 324 g/mol. The first-order valence-electron chi connectivity index (χ1n) is 8.12. The van der Waals surface area contributed by atoms with Crippen LogP contribution in [-0.2, 0) is 19.4 Å². The quantitative estimate of drug-likeness (QED) is 0.734. The fourth-order valence-corrected chi connectivity index (χ4v) is 3.38. The Hall–Kier alpha value is -2.69. The van der Waals surface area contributed by atoms with Gasteiger partial charge in [-0.2, -0.15) is 0 Å². The van der Waals surface area contributed by atoms with Crippen molar-refractivity contribution in [3.8, 4) is 23.0 Å². The Bertz CT molecular complexity index is 841. The molecular weight excluding hydrogens is 304 g/mol. The molecule has 0 spiro atoms. The SMILES string of the molecule is COc1cc(Cn2ccc3c2-c2oncc2CCC3)cc(OC)c1. The van der Waals surface area contributed by atoms with E-state index >= 15 is 0 Å². The van der Waals surface area contributed by atoms with E-state index in [-0.39, 0.29) is 0 Å². The molecule has 0 aliphatic heterocycles. The summed E-state index contributed by atoms with van der Waals surface area (Å²) < 4.78 is 18.5. The number of hydrogen-bond acceptors (Lipinski definition) is 4. The summed E-state index contributed by atoms with van der Waals surface area (Å²) in [4.78, 5) is 0. The molecule has 0 saturated carbocycles. The number of ether oxygens (including phenoxy) is 2. The van der Waals surface area contributed by atoms with E-state index in [1.54, 1.807) is 14.2 Å². The summed E-state index contributed by atoms with van der Waals surface area (Å²) in [6, 6.07) is 8.14. The van der Waals surface area contributed by atoms with Crippen molar-refractivity contribution in [1.82, 2.24) is 9.72 Å². The molecule has 1 aliphatic carbocycles. The van der Waals surface area contributed by atoms with Gasteiger partial charge in [0.15, 0.2) is 5.76 Å². The Labute approximate surface area is 140 Å². The van der Waals surface area contributed by atoms with Crippen LogP contribution in [0.3, 0.4) is 0 Å². The summed E-state index contributed by atoms with van der Waals surface area (Å²) in [7, 11) is 3.34. The summed E-state index contributed by atoms with van der Waals surface area (Å²) in [5.41, 5.74) is 4.77. The topological polar surface area (TPSA) is 49.4 Å². The molecule has 5 nitrogen and oxygen atoms in total. The molecular formula is C19H20N2O3. The molecule has 1 aromatic carbocycles. The first-order chi connectivity index (χ1) is 11.8. The number of rotatable bonds is 4. The number of benzene rings is 1. The molecule has 0 radical (unpaired) electrons. The summed E-state index contributed by atoms with van der Waals surface area (Å²) in [6.07, 6.45) is 7.16. The van der Waals surface area contributed by atoms with Crippen molar-refractivity contribution in [2.75, 3.05) is 14.2 Å². The zero-order valence-electron chi connectivity index (χ0n) is 13.9. The van der Waals surface area contributed by atoms with Crippen LogP contribution in [0.25, 0.3) is 11.5 Å². The van der Waals surface area contributed by atoms with Crippen LogP contribution < -0.4 is 9.47 Å². The maximum Gasteiger partial charge on any atom is 0.186 e. The van der Waals surface area contributed by atoms with Crippen molar-refractivity contribution in [3.05, 3.63) is 53.3 Å². The standard InChI is InChI=1S/C19H20N2O3/c1-22-16-8-13(9-17(10-16)23-2)12-21-7-6-14-4-3-5-15-11-20-24-19(15)18(14)21/h6-11H,3-5,12H2,1-2H3. The number of fused-ring (bicyclic) bond motifs is 3. The van der Waals surface area contributed by atoms with E-state index in [0.29, 0.717) is 0 Å². The molecule has 3 aromatic rings. The van der Waals surface area contributed by atoms with E-state index in [0.717, 1.165) is 54.3 Å². The lowest BCUT2D eigenvalue weighted by molar-refractivity contribution is 0.393. The number of aryl methyl sites for hydroxylation is 2. The summed E-state index contributed by atoms with van der Waals surface area (Å²) in [5, 5.41) is 4.00. The van der Waals surface area contributed by atoms with Crippen LogP contribution in [0.4, 0.5) is 0 Å². The molecule has 0 amide bonds. The van der Waals surface area contributed by atoms with Gasteiger partial charge in [-0.1, -0.05) is 5.16 Å². The van der Waals surface area contributed by atoms with Gasteiger partial charge in [-0.3, -0.25) is 0 Å². The average molecular weight is 324 g/mol. The molecule has 0 fully saturated rings. The lowest BCUT2D eigenvalue weighted by Crippen LogP contribution is -2.02. The number of methoxy groups -OCH3 is 2. The lowest BCUT2D eigenvalue weighted by atomic mass is 10.1. The van der Waals surface area contributed by atoms with Gasteiger partial charge in [0.25, 0.3) is 0 Å². The van der Waals surface area contributed by atoms with E-state index in [2.05, 4.69) is 22.0 Å². The fourth-order valence-electron chi connectivity index (χ4n) is 3.38. The second-order valence-electron chi connectivity index (χ2n) is 6.07. The number of hydrogen-bond donors (Lipinski definition) is 0. The van der Waals surface area contributed by atoms with Crippen LogP contribution in [0.2, 0.25) is 0 Å². The van der Waals surface area contributed by atoms with Crippen molar-refractivity contribution in [2.45, 2.75) is 25.8 Å². The Morgan fingerprint density at radius 2 is 1.83 bits per heavy atom. The predicted octanol–water partition coefficient (Wildman–Crippen LogP) is 3.70. The van der Waals surface area contributed by atoms with E-state index in [4.69, 9.17) is 14.0 Å². The Balaban J connectivity index is 1.75. The second kappa shape index (κ2) is 6.07. The molecule has 4 rings (SSSR count). The summed E-state index contributed by atoms with van der Waals surface area (Å²) in [5.74, 6) is 2.49. The molecule has 0 bridgehead atoms. The van der Waals surface area contributed by atoms with Crippen LogP contribution in [0.5, 0.6) is 11.5 Å². The van der Waals surface area contributed by atoms with E-state index in [1.165, 1.54) is 11.1 Å². The van der Waals surface area contributed by atoms with Gasteiger partial charge in [-0.25, -0.2) is 0 Å². The third-order valence-corrected chi connectivity index (χ3v) is 4.56. The lowest BCUT2D eigenvalue weighted by Gasteiger charge is -2.12. The Morgan fingerprint density at radius 1 is 1.08 bits per heavy atom. The smallest absolute Gasteiger partial charge is 0.186 e. The predicted molar refractivity (Wildman–Crippen MR) is 90.6 cm³/mol. The van der Waals surface area contributed by atoms with Gasteiger partial charge in [-0.15, -0.1) is 0 Å². The zero-order valence-corrected chi connectivity index (χ0v) is 13.9. The van der Waals surface area contributed by atoms with Gasteiger partial charge in [-0.05, 0) is 48.6 Å². The molecule has 24 heavy (non-hydrogen) atoms. The molecule has 5 heteroatoms. The minimum absolute atomic E-state index is 0.725. The zero-order chi connectivity index (χ0) is 16.5. The second-order valence-corrected chi connectivity index (χ2v) is 6.07. The van der Waals surface area contributed by atoms with Gasteiger partial charge in [0, 0.05) is 24.4 Å². The normalized spacial score (nSPS) is 13.1. The van der Waals surface area contributed by atoms with Crippen molar-refractivity contribution >= 4 is 0 Å². The first kappa shape index (κ1) is 14.9. The minimum atomic E-state index is 0.725. The van der Waals surface area contributed by atoms with Gasteiger partial charge < -0.3 is 18.6 Å². The molecule has 0 saturated heterocycles. The molecule has 2 aromatic heterocycles. The van der Waals surface area contributed by atoms with Crippen molar-refractivity contribution in [2.24, 2.45) is 0 Å². The largest absolute Gasteiger partial charge is 0.497 e. The Morgan fingerprint density at radius 3 is 2.58 bits per heavy atom. The van der Waals surface area contributed by atoms with Crippen molar-refractivity contribution < 1.29 is 14.0 Å². The third kappa shape index (κ3) is 2.56. The van der Waals surface area contributed by atoms with Gasteiger partial charge in [0.05, 0.1) is 26.1 Å². The summed E-state index contributed by atoms with van der Waals surface area (Å²) in [6.45, 7) is 0.725.